The molecule has 7 heteroatoms. The highest BCUT2D eigenvalue weighted by molar-refractivity contribution is 7.98. The minimum absolute atomic E-state index is 0.00409. The molecule has 0 saturated heterocycles. The van der Waals surface area contributed by atoms with Crippen molar-refractivity contribution < 1.29 is 4.79 Å². The van der Waals surface area contributed by atoms with Crippen LogP contribution in [0.25, 0.3) is 0 Å². The number of rotatable bonds is 6. The van der Waals surface area contributed by atoms with Crippen LogP contribution in [0.5, 0.6) is 0 Å². The lowest BCUT2D eigenvalue weighted by Crippen LogP contribution is -2.15. The fraction of sp³-hybridized carbons (Fsp3) is 0.118. The van der Waals surface area contributed by atoms with Gasteiger partial charge < -0.3 is 11.5 Å². The van der Waals surface area contributed by atoms with Gasteiger partial charge in [0, 0.05) is 10.6 Å². The van der Waals surface area contributed by atoms with Crippen LogP contribution in [0.3, 0.4) is 0 Å². The average molecular weight is 339 g/mol. The number of nitrogens with zero attached hydrogens (tertiary/aromatic N) is 3. The third kappa shape index (κ3) is 3.57. The molecule has 0 aliphatic carbocycles. The molecule has 1 amide bonds. The van der Waals surface area contributed by atoms with E-state index in [1.165, 1.54) is 10.2 Å². The number of anilines is 1. The summed E-state index contributed by atoms with van der Waals surface area (Å²) in [6.07, 6.45) is 0. The summed E-state index contributed by atoms with van der Waals surface area (Å²) in [4.78, 5) is 12.4. The number of carbonyl (C=O) groups excluding carboxylic acids is 1. The van der Waals surface area contributed by atoms with Crippen molar-refractivity contribution in [1.29, 1.82) is 0 Å². The van der Waals surface area contributed by atoms with Crippen LogP contribution in [0, 0.1) is 0 Å². The van der Waals surface area contributed by atoms with Crippen LogP contribution in [0.4, 0.5) is 5.82 Å². The normalized spacial score (nSPS) is 10.7. The molecule has 1 aromatic heterocycles. The summed E-state index contributed by atoms with van der Waals surface area (Å²) in [5.41, 5.74) is 13.4. The lowest BCUT2D eigenvalue weighted by atomic mass is 10.2. The van der Waals surface area contributed by atoms with E-state index in [1.54, 1.807) is 11.8 Å². The first-order chi connectivity index (χ1) is 11.6. The fourth-order valence-electron chi connectivity index (χ4n) is 2.28. The summed E-state index contributed by atoms with van der Waals surface area (Å²) in [5, 5.41) is 7.66. The Hall–Kier alpha value is -2.80. The maximum Gasteiger partial charge on any atom is 0.273 e. The van der Waals surface area contributed by atoms with Crippen molar-refractivity contribution in [3.63, 3.8) is 0 Å². The van der Waals surface area contributed by atoms with Gasteiger partial charge in [-0.15, -0.1) is 16.9 Å². The number of aromatic nitrogens is 3. The van der Waals surface area contributed by atoms with Gasteiger partial charge >= 0.3 is 0 Å². The molecule has 3 aromatic rings. The Kier molecular flexibility index (Phi) is 4.81. The number of carbonyl (C=O) groups is 1. The van der Waals surface area contributed by atoms with E-state index in [2.05, 4.69) is 28.5 Å². The van der Waals surface area contributed by atoms with Crippen LogP contribution in [-0.4, -0.2) is 20.9 Å². The van der Waals surface area contributed by atoms with Crippen LogP contribution in [0.2, 0.25) is 0 Å². The summed E-state index contributed by atoms with van der Waals surface area (Å²) < 4.78 is 1.49. The van der Waals surface area contributed by atoms with Crippen molar-refractivity contribution in [2.24, 2.45) is 5.73 Å². The number of amides is 1. The maximum absolute atomic E-state index is 11.2. The van der Waals surface area contributed by atoms with Gasteiger partial charge in [-0.05, 0) is 17.2 Å². The number of thioether (sulfide) groups is 1. The summed E-state index contributed by atoms with van der Waals surface area (Å²) in [6.45, 7) is 0.435. The van der Waals surface area contributed by atoms with Crippen molar-refractivity contribution >= 4 is 23.5 Å². The third-order valence-corrected chi connectivity index (χ3v) is 4.72. The number of hydrogen-bond donors (Lipinski definition) is 2. The lowest BCUT2D eigenvalue weighted by molar-refractivity contribution is 0.0996. The van der Waals surface area contributed by atoms with Gasteiger partial charge in [0.2, 0.25) is 0 Å². The summed E-state index contributed by atoms with van der Waals surface area (Å²) in [7, 11) is 0. The van der Waals surface area contributed by atoms with Gasteiger partial charge in [0.05, 0.1) is 6.54 Å². The molecule has 2 aromatic carbocycles. The molecule has 6 nitrogen and oxygen atoms in total. The molecule has 0 saturated carbocycles. The summed E-state index contributed by atoms with van der Waals surface area (Å²) >= 11 is 1.74. The van der Waals surface area contributed by atoms with E-state index in [0.717, 1.165) is 16.2 Å². The quantitative estimate of drug-likeness (QED) is 0.671. The van der Waals surface area contributed by atoms with Crippen LogP contribution < -0.4 is 11.5 Å². The van der Waals surface area contributed by atoms with Crippen LogP contribution in [0.1, 0.15) is 21.6 Å². The zero-order chi connectivity index (χ0) is 16.9. The zero-order valence-corrected chi connectivity index (χ0v) is 13.7. The van der Waals surface area contributed by atoms with Gasteiger partial charge in [0.15, 0.2) is 11.5 Å². The fourth-order valence-corrected chi connectivity index (χ4v) is 3.29. The highest BCUT2D eigenvalue weighted by atomic mass is 32.2. The molecule has 0 fully saturated rings. The molecule has 0 aliphatic heterocycles. The Balaban J connectivity index is 1.78. The van der Waals surface area contributed by atoms with Gasteiger partial charge in [-0.25, -0.2) is 4.68 Å². The Bertz CT molecular complexity index is 847. The number of primary amides is 1. The van der Waals surface area contributed by atoms with Gasteiger partial charge in [-0.2, -0.15) is 0 Å². The van der Waals surface area contributed by atoms with Gasteiger partial charge in [0.25, 0.3) is 5.91 Å². The second kappa shape index (κ2) is 7.18. The van der Waals surface area contributed by atoms with Crippen molar-refractivity contribution in [3.8, 4) is 0 Å². The van der Waals surface area contributed by atoms with Gasteiger partial charge in [-0.3, -0.25) is 4.79 Å². The Morgan fingerprint density at radius 3 is 2.50 bits per heavy atom. The number of nitrogens with two attached hydrogens (primary N) is 2. The third-order valence-electron chi connectivity index (χ3n) is 3.54. The Morgan fingerprint density at radius 2 is 1.79 bits per heavy atom. The van der Waals surface area contributed by atoms with Gasteiger partial charge in [0.1, 0.15) is 0 Å². The first-order valence-corrected chi connectivity index (χ1v) is 8.37. The van der Waals surface area contributed by atoms with E-state index < -0.39 is 5.91 Å². The second-order valence-electron chi connectivity index (χ2n) is 5.23. The van der Waals surface area contributed by atoms with Crippen LogP contribution in [-0.2, 0) is 12.3 Å². The smallest absolute Gasteiger partial charge is 0.273 e. The molecule has 0 radical (unpaired) electrons. The molecule has 0 bridgehead atoms. The monoisotopic (exact) mass is 339 g/mol. The molecule has 1 heterocycles. The number of benzene rings is 2. The Labute approximate surface area is 143 Å². The highest BCUT2D eigenvalue weighted by Gasteiger charge is 2.15. The average Bonchev–Trinajstić information content (AvgIpc) is 2.96. The van der Waals surface area contributed by atoms with Crippen molar-refractivity contribution in [3.05, 3.63) is 71.4 Å². The minimum atomic E-state index is -0.675. The standard InChI is InChI=1S/C17H17N5OS/c18-16-15(17(19)23)20-21-22(16)10-13-8-4-5-9-14(13)24-11-12-6-2-1-3-7-12/h1-9H,10-11,18H2,(H2,19,23). The summed E-state index contributed by atoms with van der Waals surface area (Å²) in [6, 6.07) is 18.3. The van der Waals surface area contributed by atoms with E-state index in [0.29, 0.717) is 6.54 Å². The minimum Gasteiger partial charge on any atom is -0.382 e. The topological polar surface area (TPSA) is 99.8 Å². The van der Waals surface area contributed by atoms with Crippen LogP contribution >= 0.6 is 11.8 Å². The van der Waals surface area contributed by atoms with Crippen LogP contribution in [0.15, 0.2) is 59.5 Å². The van der Waals surface area contributed by atoms with E-state index >= 15 is 0 Å². The summed E-state index contributed by atoms with van der Waals surface area (Å²) in [5.74, 6) is 0.382. The van der Waals surface area contributed by atoms with E-state index in [4.69, 9.17) is 11.5 Å². The number of nitrogen functional groups attached to an aromatic ring is 1. The predicted molar refractivity (Wildman–Crippen MR) is 94.5 cm³/mol. The molecule has 4 N–H and O–H groups in total. The Morgan fingerprint density at radius 1 is 1.08 bits per heavy atom. The predicted octanol–water partition coefficient (Wildman–Crippen LogP) is 2.30. The first kappa shape index (κ1) is 16.1. The SMILES string of the molecule is NC(=O)c1nnn(Cc2ccccc2SCc2ccccc2)c1N. The molecule has 0 aliphatic rings. The van der Waals surface area contributed by atoms with Crippen molar-refractivity contribution in [1.82, 2.24) is 15.0 Å². The molecular formula is C17H17N5OS. The van der Waals surface area contributed by atoms with E-state index in [-0.39, 0.29) is 11.5 Å². The molecular weight excluding hydrogens is 322 g/mol. The largest absolute Gasteiger partial charge is 0.382 e. The molecule has 0 unspecified atom stereocenters. The van der Waals surface area contributed by atoms with Gasteiger partial charge in [-0.1, -0.05) is 53.7 Å². The second-order valence-corrected chi connectivity index (χ2v) is 6.24. The number of hydrogen-bond acceptors (Lipinski definition) is 5. The van der Waals surface area contributed by atoms with E-state index in [1.807, 2.05) is 36.4 Å². The highest BCUT2D eigenvalue weighted by Crippen LogP contribution is 2.27. The van der Waals surface area contributed by atoms with Crippen molar-refractivity contribution in [2.45, 2.75) is 17.2 Å². The zero-order valence-electron chi connectivity index (χ0n) is 12.9. The van der Waals surface area contributed by atoms with E-state index in [9.17, 15) is 4.79 Å². The lowest BCUT2D eigenvalue weighted by Gasteiger charge is -2.10. The molecule has 24 heavy (non-hydrogen) atoms. The molecule has 0 atom stereocenters. The maximum atomic E-state index is 11.2. The molecule has 3 rings (SSSR count). The molecule has 122 valence electrons. The molecule has 0 spiro atoms. The van der Waals surface area contributed by atoms with Crippen molar-refractivity contribution in [2.75, 3.05) is 5.73 Å². The first-order valence-electron chi connectivity index (χ1n) is 7.38.